The van der Waals surface area contributed by atoms with Crippen molar-refractivity contribution in [2.24, 2.45) is 5.92 Å². The molecule has 12 rings (SSSR count). The molecule has 1 N–H and O–H groups in total. The summed E-state index contributed by atoms with van der Waals surface area (Å²) in [6.07, 6.45) is 41.6. The predicted octanol–water partition coefficient (Wildman–Crippen LogP) is 12.6. The van der Waals surface area contributed by atoms with Crippen molar-refractivity contribution in [1.29, 1.82) is 0 Å². The summed E-state index contributed by atoms with van der Waals surface area (Å²) in [5.74, 6) is 3.41. The zero-order valence-corrected chi connectivity index (χ0v) is 33.4. The zero-order chi connectivity index (χ0) is 37.5. The molecule has 4 nitrogen and oxygen atoms in total. The lowest BCUT2D eigenvalue weighted by atomic mass is 9.83. The fraction of sp³-hybridized carbons (Fsp3) is 0.396. The molecule has 4 aromatic rings. The fourth-order valence-corrected chi connectivity index (χ4v) is 12.1. The van der Waals surface area contributed by atoms with E-state index in [0.717, 1.165) is 50.8 Å². The number of rotatable bonds is 5. The summed E-state index contributed by atoms with van der Waals surface area (Å²) < 4.78 is 11.8. The van der Waals surface area contributed by atoms with Gasteiger partial charge in [0, 0.05) is 69.8 Å². The van der Waals surface area contributed by atoms with Gasteiger partial charge >= 0.3 is 0 Å². The number of hydrogen-bond donors (Lipinski definition) is 1. The second kappa shape index (κ2) is 13.9. The average molecular weight is 750 g/mol. The number of aryl methyl sites for hydroxylation is 1. The van der Waals surface area contributed by atoms with E-state index >= 15 is 0 Å². The molecule has 8 aliphatic rings. The van der Waals surface area contributed by atoms with Crippen molar-refractivity contribution in [2.75, 3.05) is 6.54 Å². The molecule has 4 heteroatoms. The van der Waals surface area contributed by atoms with Crippen molar-refractivity contribution >= 4 is 28.8 Å². The summed E-state index contributed by atoms with van der Waals surface area (Å²) in [7, 11) is 0. The molecule has 2 aliphatic heterocycles. The number of para-hydroxylation sites is 1. The van der Waals surface area contributed by atoms with E-state index in [0.29, 0.717) is 23.8 Å². The number of hydrogen-bond acceptors (Lipinski definition) is 2. The van der Waals surface area contributed by atoms with Crippen LogP contribution in [-0.4, -0.2) is 15.7 Å². The third kappa shape index (κ3) is 5.68. The van der Waals surface area contributed by atoms with Crippen LogP contribution in [0.2, 0.25) is 0 Å². The van der Waals surface area contributed by atoms with Crippen molar-refractivity contribution in [3.8, 4) is 5.75 Å². The number of ether oxygens (including phenoxy) is 1. The van der Waals surface area contributed by atoms with E-state index in [1.54, 1.807) is 28.0 Å². The lowest BCUT2D eigenvalue weighted by Crippen LogP contribution is -2.25. The van der Waals surface area contributed by atoms with Crippen LogP contribution < -0.4 is 10.1 Å². The lowest BCUT2D eigenvalue weighted by Gasteiger charge is -2.30. The highest BCUT2D eigenvalue weighted by Crippen LogP contribution is 2.51. The van der Waals surface area contributed by atoms with Gasteiger partial charge in [0.15, 0.2) is 0 Å². The van der Waals surface area contributed by atoms with Gasteiger partial charge in [0.05, 0.1) is 5.52 Å². The highest BCUT2D eigenvalue weighted by atomic mass is 16.5. The summed E-state index contributed by atoms with van der Waals surface area (Å²) >= 11 is 0. The first-order chi connectivity index (χ1) is 28.2. The second-order valence-corrected chi connectivity index (χ2v) is 18.1. The molecule has 6 aliphatic carbocycles. The number of aromatic nitrogens is 2. The van der Waals surface area contributed by atoms with Gasteiger partial charge in [0.25, 0.3) is 0 Å². The highest BCUT2D eigenvalue weighted by molar-refractivity contribution is 5.93. The van der Waals surface area contributed by atoms with Gasteiger partial charge in [-0.05, 0) is 179 Å². The molecule has 288 valence electrons. The molecule has 0 fully saturated rings. The predicted molar refractivity (Wildman–Crippen MR) is 234 cm³/mol. The number of allylic oxidation sites excluding steroid dienone is 11. The monoisotopic (exact) mass is 749 g/mol. The van der Waals surface area contributed by atoms with E-state index in [2.05, 4.69) is 112 Å². The largest absolute Gasteiger partial charge is 0.461 e. The molecule has 4 atom stereocenters. The smallest absolute Gasteiger partial charge is 0.130 e. The van der Waals surface area contributed by atoms with Crippen LogP contribution in [0.1, 0.15) is 140 Å². The first-order valence-electron chi connectivity index (χ1n) is 22.5. The Morgan fingerprint density at radius 3 is 2.61 bits per heavy atom. The van der Waals surface area contributed by atoms with Gasteiger partial charge in [-0.15, -0.1) is 0 Å². The van der Waals surface area contributed by atoms with Crippen LogP contribution in [0.5, 0.6) is 5.75 Å². The molecule has 0 saturated heterocycles. The summed E-state index contributed by atoms with van der Waals surface area (Å²) in [6.45, 7) is 1.09. The van der Waals surface area contributed by atoms with Crippen LogP contribution in [0, 0.1) is 5.92 Å². The molecule has 0 bridgehead atoms. The number of fused-ring (bicyclic) bond motifs is 9. The van der Waals surface area contributed by atoms with Crippen molar-refractivity contribution in [3.05, 3.63) is 152 Å². The molecule has 0 spiro atoms. The minimum Gasteiger partial charge on any atom is -0.461 e. The lowest BCUT2D eigenvalue weighted by molar-refractivity contribution is 0.349. The third-order valence-electron chi connectivity index (χ3n) is 14.9. The molecule has 57 heavy (non-hydrogen) atoms. The maximum Gasteiger partial charge on any atom is 0.130 e. The summed E-state index contributed by atoms with van der Waals surface area (Å²) in [4.78, 5) is 0. The van der Waals surface area contributed by atoms with Gasteiger partial charge in [0.1, 0.15) is 11.5 Å². The minimum atomic E-state index is 0.376. The Hall–Kier alpha value is -4.96. The van der Waals surface area contributed by atoms with Crippen molar-refractivity contribution in [3.63, 3.8) is 0 Å². The Bertz CT molecular complexity index is 2540. The van der Waals surface area contributed by atoms with Crippen LogP contribution in [-0.2, 0) is 25.7 Å². The molecule has 0 saturated carbocycles. The van der Waals surface area contributed by atoms with Crippen LogP contribution in [0.15, 0.2) is 108 Å². The van der Waals surface area contributed by atoms with Crippen molar-refractivity contribution in [1.82, 2.24) is 14.5 Å². The van der Waals surface area contributed by atoms with E-state index in [9.17, 15) is 0 Å². The zero-order valence-electron chi connectivity index (χ0n) is 33.4. The quantitative estimate of drug-likeness (QED) is 0.220. The molecular weight excluding hydrogens is 695 g/mol. The molecular formula is C53H55N3O. The number of benzene rings is 2. The Morgan fingerprint density at radius 2 is 1.68 bits per heavy atom. The van der Waals surface area contributed by atoms with Crippen molar-refractivity contribution in [2.45, 2.75) is 121 Å². The third-order valence-corrected chi connectivity index (χ3v) is 14.9. The molecule has 2 aromatic carbocycles. The first kappa shape index (κ1) is 34.1. The van der Waals surface area contributed by atoms with Crippen LogP contribution in [0.25, 0.3) is 28.8 Å². The van der Waals surface area contributed by atoms with Crippen LogP contribution in [0.3, 0.4) is 0 Å². The van der Waals surface area contributed by atoms with Crippen molar-refractivity contribution < 1.29 is 4.74 Å². The summed E-state index contributed by atoms with van der Waals surface area (Å²) in [6, 6.07) is 16.8. The highest BCUT2D eigenvalue weighted by Gasteiger charge is 2.38. The van der Waals surface area contributed by atoms with E-state index in [4.69, 9.17) is 4.74 Å². The molecule has 4 unspecified atom stereocenters. The molecule has 0 radical (unpaired) electrons. The van der Waals surface area contributed by atoms with E-state index in [-0.39, 0.29) is 0 Å². The van der Waals surface area contributed by atoms with E-state index < -0.39 is 0 Å². The summed E-state index contributed by atoms with van der Waals surface area (Å²) in [5.41, 5.74) is 19.5. The molecule has 0 amide bonds. The molecule has 4 heterocycles. The maximum atomic E-state index is 6.35. The second-order valence-electron chi connectivity index (χ2n) is 18.1. The Labute approximate surface area is 338 Å². The molecule has 2 aromatic heterocycles. The Balaban J connectivity index is 0.902. The summed E-state index contributed by atoms with van der Waals surface area (Å²) in [5, 5.41) is 5.28. The maximum absolute atomic E-state index is 6.35. The Morgan fingerprint density at radius 1 is 0.754 bits per heavy atom. The van der Waals surface area contributed by atoms with E-state index in [1.165, 1.54) is 120 Å². The number of nitrogens with one attached hydrogen (secondary N) is 1. The van der Waals surface area contributed by atoms with Gasteiger partial charge in [-0.1, -0.05) is 54.6 Å². The van der Waals surface area contributed by atoms with Gasteiger partial charge in [0.2, 0.25) is 0 Å². The fourth-order valence-electron chi connectivity index (χ4n) is 12.1. The van der Waals surface area contributed by atoms with Gasteiger partial charge in [-0.3, -0.25) is 0 Å². The average Bonchev–Trinajstić information content (AvgIpc) is 3.94. The van der Waals surface area contributed by atoms with Crippen LogP contribution in [0.4, 0.5) is 0 Å². The topological polar surface area (TPSA) is 31.1 Å². The van der Waals surface area contributed by atoms with Gasteiger partial charge in [-0.25, -0.2) is 0 Å². The minimum absolute atomic E-state index is 0.376. The number of nitrogens with zero attached hydrogens (tertiary/aromatic N) is 2. The van der Waals surface area contributed by atoms with Gasteiger partial charge < -0.3 is 19.2 Å². The standard InChI is InChI=1S/C53H55N3O/c1-2-12-34(13-3-1)37-28-38(47-17-10-11-27-54-47)30-40(29-37)56-49-19-8-5-15-42(49)45-32-36(22-25-51(45)56)35-21-24-50-44(31-35)41-14-4-7-18-48(41)55(50)39-23-26-53-46(33-39)43-16-6-9-20-52(43)57-53/h6,8-9,12,16-17,19-22,24-26,28-29,32,35,38-39,46,54H,1-5,7,10-11,13-15,18,23,27,30-31,33H2. The Kier molecular flexibility index (Phi) is 8.29. The van der Waals surface area contributed by atoms with E-state index in [1.807, 2.05) is 0 Å². The SMILES string of the molecule is C1=Cc2c(c3cc(C4C=Cc5c(c6c(n5C5CC=C7Oc8ccccc8C7C5)CCCC6)C4)ccc3n2C2=CC(C3=CCCCC3)=CC(C3=CCCCN3)C2)CC1. The normalized spacial score (nSPS) is 26.1. The first-order valence-corrected chi connectivity index (χ1v) is 22.5. The van der Waals surface area contributed by atoms with Crippen LogP contribution >= 0.6 is 0 Å². The van der Waals surface area contributed by atoms with Gasteiger partial charge in [-0.2, -0.15) is 0 Å².